The maximum atomic E-state index is 5.33. The fraction of sp³-hybridized carbons (Fsp3) is 0.143. The van der Waals surface area contributed by atoms with Gasteiger partial charge >= 0.3 is 0 Å². The molecule has 0 aliphatic heterocycles. The molecule has 0 aliphatic carbocycles. The van der Waals surface area contributed by atoms with E-state index in [2.05, 4.69) is 45.3 Å². The van der Waals surface area contributed by atoms with Gasteiger partial charge in [-0.3, -0.25) is 5.10 Å². The summed E-state index contributed by atoms with van der Waals surface area (Å²) in [6.07, 6.45) is 1.83. The van der Waals surface area contributed by atoms with E-state index in [1.165, 1.54) is 10.4 Å². The highest BCUT2D eigenvalue weighted by atomic mass is 32.1. The number of H-pyrrole nitrogens is 1. The van der Waals surface area contributed by atoms with E-state index in [-0.39, 0.29) is 0 Å². The Morgan fingerprint density at radius 3 is 3.10 bits per heavy atom. The summed E-state index contributed by atoms with van der Waals surface area (Å²) in [6, 6.07) is 8.18. The lowest BCUT2D eigenvalue weighted by atomic mass is 10.1. The van der Waals surface area contributed by atoms with E-state index < -0.39 is 0 Å². The Balaban J connectivity index is 1.71. The standard InChI is InChI=1S/C14H14N4S2/c1-9-4-5-12(13-11(9)8-16-18-13)17-14(19)15-7-10-3-2-6-20-10/h2-6,8H,7H2,1H3,(H,16,18)(H2,15,17,19). The molecule has 20 heavy (non-hydrogen) atoms. The van der Waals surface area contributed by atoms with Crippen molar-refractivity contribution in [1.29, 1.82) is 0 Å². The second-order valence-corrected chi connectivity index (χ2v) is 5.92. The summed E-state index contributed by atoms with van der Waals surface area (Å²) in [5, 5.41) is 17.3. The van der Waals surface area contributed by atoms with Gasteiger partial charge in [0.2, 0.25) is 0 Å². The van der Waals surface area contributed by atoms with Gasteiger partial charge in [0.25, 0.3) is 0 Å². The predicted molar refractivity (Wildman–Crippen MR) is 88.2 cm³/mol. The molecule has 6 heteroatoms. The first-order chi connectivity index (χ1) is 9.74. The molecular weight excluding hydrogens is 288 g/mol. The number of anilines is 1. The van der Waals surface area contributed by atoms with Gasteiger partial charge in [-0.1, -0.05) is 12.1 Å². The van der Waals surface area contributed by atoms with Gasteiger partial charge in [0, 0.05) is 10.3 Å². The van der Waals surface area contributed by atoms with Gasteiger partial charge in [-0.05, 0) is 42.2 Å². The summed E-state index contributed by atoms with van der Waals surface area (Å²) >= 11 is 7.04. The Bertz CT molecular complexity index is 731. The van der Waals surface area contributed by atoms with Crippen molar-refractivity contribution in [3.8, 4) is 0 Å². The fourth-order valence-electron chi connectivity index (χ4n) is 2.02. The molecule has 0 fully saturated rings. The van der Waals surface area contributed by atoms with Crippen LogP contribution in [0.4, 0.5) is 5.69 Å². The predicted octanol–water partition coefficient (Wildman–Crippen LogP) is 3.42. The van der Waals surface area contributed by atoms with Crippen LogP contribution in [0.1, 0.15) is 10.4 Å². The highest BCUT2D eigenvalue weighted by Gasteiger charge is 2.07. The van der Waals surface area contributed by atoms with Gasteiger partial charge in [0.1, 0.15) is 0 Å². The van der Waals surface area contributed by atoms with Gasteiger partial charge < -0.3 is 10.6 Å². The molecule has 0 atom stereocenters. The third-order valence-corrected chi connectivity index (χ3v) is 4.21. The number of hydrogen-bond donors (Lipinski definition) is 3. The molecule has 0 saturated heterocycles. The number of thiocarbonyl (C=S) groups is 1. The van der Waals surface area contributed by atoms with E-state index in [9.17, 15) is 0 Å². The lowest BCUT2D eigenvalue weighted by molar-refractivity contribution is 0.946. The summed E-state index contributed by atoms with van der Waals surface area (Å²) in [5.41, 5.74) is 3.11. The van der Waals surface area contributed by atoms with Crippen LogP contribution in [0.5, 0.6) is 0 Å². The van der Waals surface area contributed by atoms with Gasteiger partial charge in [0.05, 0.1) is 23.9 Å². The number of rotatable bonds is 3. The molecule has 3 rings (SSSR count). The summed E-state index contributed by atoms with van der Waals surface area (Å²) in [5.74, 6) is 0. The monoisotopic (exact) mass is 302 g/mol. The maximum Gasteiger partial charge on any atom is 0.171 e. The largest absolute Gasteiger partial charge is 0.358 e. The summed E-state index contributed by atoms with van der Waals surface area (Å²) in [7, 11) is 0. The zero-order chi connectivity index (χ0) is 13.9. The lowest BCUT2D eigenvalue weighted by Gasteiger charge is -2.11. The second kappa shape index (κ2) is 5.60. The van der Waals surface area contributed by atoms with Crippen molar-refractivity contribution >= 4 is 45.3 Å². The van der Waals surface area contributed by atoms with Crippen LogP contribution in [-0.4, -0.2) is 15.3 Å². The van der Waals surface area contributed by atoms with Gasteiger partial charge in [-0.25, -0.2) is 0 Å². The molecule has 3 aromatic rings. The summed E-state index contributed by atoms with van der Waals surface area (Å²) in [6.45, 7) is 2.80. The molecule has 0 saturated carbocycles. The van der Waals surface area contributed by atoms with E-state index >= 15 is 0 Å². The molecule has 102 valence electrons. The third-order valence-electron chi connectivity index (χ3n) is 3.08. The number of nitrogens with zero attached hydrogens (tertiary/aromatic N) is 1. The first-order valence-electron chi connectivity index (χ1n) is 6.24. The molecule has 0 spiro atoms. The van der Waals surface area contributed by atoms with Crippen molar-refractivity contribution in [3.05, 3.63) is 46.3 Å². The quantitative estimate of drug-likeness (QED) is 0.649. The Morgan fingerprint density at radius 2 is 2.30 bits per heavy atom. The van der Waals surface area contributed by atoms with Crippen LogP contribution in [0.3, 0.4) is 0 Å². The number of fused-ring (bicyclic) bond motifs is 1. The molecule has 2 heterocycles. The zero-order valence-electron chi connectivity index (χ0n) is 10.9. The maximum absolute atomic E-state index is 5.33. The van der Waals surface area contributed by atoms with Crippen molar-refractivity contribution in [2.24, 2.45) is 0 Å². The minimum Gasteiger partial charge on any atom is -0.358 e. The SMILES string of the molecule is Cc1ccc(NC(=S)NCc2cccs2)c2[nH]ncc12. The Labute approximate surface area is 126 Å². The molecule has 0 amide bonds. The molecule has 4 nitrogen and oxygen atoms in total. The molecule has 0 radical (unpaired) electrons. The van der Waals surface area contributed by atoms with Crippen LogP contribution in [0.2, 0.25) is 0 Å². The summed E-state index contributed by atoms with van der Waals surface area (Å²) < 4.78 is 0. The lowest BCUT2D eigenvalue weighted by Crippen LogP contribution is -2.27. The van der Waals surface area contributed by atoms with Crippen LogP contribution in [0.15, 0.2) is 35.8 Å². The number of thiophene rings is 1. The average molecular weight is 302 g/mol. The van der Waals surface area contributed by atoms with Crippen molar-refractivity contribution < 1.29 is 0 Å². The number of nitrogens with one attached hydrogen (secondary N) is 3. The number of aryl methyl sites for hydroxylation is 1. The molecule has 0 aliphatic rings. The van der Waals surface area contributed by atoms with Gasteiger partial charge in [-0.2, -0.15) is 5.10 Å². The molecule has 1 aromatic carbocycles. The van der Waals surface area contributed by atoms with Crippen LogP contribution in [0.25, 0.3) is 10.9 Å². The normalized spacial score (nSPS) is 10.7. The zero-order valence-corrected chi connectivity index (χ0v) is 12.6. The Hall–Kier alpha value is -1.92. The minimum absolute atomic E-state index is 0.609. The summed E-state index contributed by atoms with van der Waals surface area (Å²) in [4.78, 5) is 1.25. The van der Waals surface area contributed by atoms with E-state index in [1.807, 2.05) is 18.3 Å². The van der Waals surface area contributed by atoms with Crippen molar-refractivity contribution in [1.82, 2.24) is 15.5 Å². The second-order valence-electron chi connectivity index (χ2n) is 4.48. The van der Waals surface area contributed by atoms with Gasteiger partial charge in [-0.15, -0.1) is 11.3 Å². The number of aromatic nitrogens is 2. The highest BCUT2D eigenvalue weighted by molar-refractivity contribution is 7.80. The van der Waals surface area contributed by atoms with Crippen molar-refractivity contribution in [2.45, 2.75) is 13.5 Å². The Kier molecular flexibility index (Phi) is 3.66. The van der Waals surface area contributed by atoms with Crippen LogP contribution in [-0.2, 0) is 6.54 Å². The Morgan fingerprint density at radius 1 is 1.40 bits per heavy atom. The van der Waals surface area contributed by atoms with E-state index in [0.717, 1.165) is 23.1 Å². The number of benzene rings is 1. The van der Waals surface area contributed by atoms with Crippen molar-refractivity contribution in [3.63, 3.8) is 0 Å². The molecule has 0 unspecified atom stereocenters. The molecule has 0 bridgehead atoms. The third kappa shape index (κ3) is 2.66. The number of aromatic amines is 1. The molecular formula is C14H14N4S2. The van der Waals surface area contributed by atoms with E-state index in [4.69, 9.17) is 12.2 Å². The van der Waals surface area contributed by atoms with Crippen molar-refractivity contribution in [2.75, 3.05) is 5.32 Å². The van der Waals surface area contributed by atoms with Crippen LogP contribution >= 0.6 is 23.6 Å². The van der Waals surface area contributed by atoms with Crippen LogP contribution < -0.4 is 10.6 Å². The first kappa shape index (κ1) is 13.1. The molecule has 2 aromatic heterocycles. The first-order valence-corrected chi connectivity index (χ1v) is 7.53. The fourth-order valence-corrected chi connectivity index (χ4v) is 2.85. The number of hydrogen-bond acceptors (Lipinski definition) is 3. The topological polar surface area (TPSA) is 52.7 Å². The minimum atomic E-state index is 0.609. The van der Waals surface area contributed by atoms with E-state index in [0.29, 0.717) is 5.11 Å². The molecule has 3 N–H and O–H groups in total. The smallest absolute Gasteiger partial charge is 0.171 e. The van der Waals surface area contributed by atoms with Gasteiger partial charge in [0.15, 0.2) is 5.11 Å². The highest BCUT2D eigenvalue weighted by Crippen LogP contribution is 2.23. The average Bonchev–Trinajstić information content (AvgIpc) is 3.10. The van der Waals surface area contributed by atoms with E-state index in [1.54, 1.807) is 11.3 Å². The van der Waals surface area contributed by atoms with Crippen LogP contribution in [0, 0.1) is 6.92 Å².